The zero-order chi connectivity index (χ0) is 15.2. The highest BCUT2D eigenvalue weighted by Crippen LogP contribution is 2.27. The topological polar surface area (TPSA) is 76.4 Å². The Bertz CT molecular complexity index is 521. The predicted molar refractivity (Wildman–Crippen MR) is 76.7 cm³/mol. The fourth-order valence-electron chi connectivity index (χ4n) is 2.38. The molecule has 2 heterocycles. The molecule has 0 bridgehead atoms. The summed E-state index contributed by atoms with van der Waals surface area (Å²) in [7, 11) is 0. The van der Waals surface area contributed by atoms with E-state index in [1.165, 1.54) is 0 Å². The van der Waals surface area contributed by atoms with E-state index in [0.717, 1.165) is 30.0 Å². The van der Waals surface area contributed by atoms with Crippen LogP contribution in [0, 0.1) is 5.82 Å². The lowest BCUT2D eigenvalue weighted by Gasteiger charge is -2.15. The molecule has 0 amide bonds. The molecule has 6 nitrogen and oxygen atoms in total. The van der Waals surface area contributed by atoms with Gasteiger partial charge in [-0.15, -0.1) is 0 Å². The Morgan fingerprint density at radius 2 is 2.33 bits per heavy atom. The maximum atomic E-state index is 14.0. The molecule has 21 heavy (non-hydrogen) atoms. The molecule has 2 atom stereocenters. The smallest absolute Gasteiger partial charge is 0.351 e. The number of nitrogens with one attached hydrogen (secondary N) is 1. The van der Waals surface area contributed by atoms with Crippen LogP contribution in [0.25, 0.3) is 0 Å². The summed E-state index contributed by atoms with van der Waals surface area (Å²) >= 11 is 0. The number of hydrogen-bond donors (Lipinski definition) is 2. The standard InChI is InChI=1S/C14H22FN3O3/c1-2-3-4-7-16-13-11(15)8-18(14(20)17-13)12-6-5-10(9-19)21-12/h8,10,12,19H,2-7,9H2,1H3,(H,16,17,20)/t10-,12+/m0/s1. The Morgan fingerprint density at radius 1 is 1.52 bits per heavy atom. The van der Waals surface area contributed by atoms with Gasteiger partial charge in [-0.2, -0.15) is 4.98 Å². The zero-order valence-electron chi connectivity index (χ0n) is 12.2. The van der Waals surface area contributed by atoms with Gasteiger partial charge in [0, 0.05) is 6.54 Å². The van der Waals surface area contributed by atoms with Gasteiger partial charge in [-0.05, 0) is 19.3 Å². The number of hydrogen-bond acceptors (Lipinski definition) is 5. The van der Waals surface area contributed by atoms with E-state index in [1.807, 2.05) is 0 Å². The molecule has 1 aromatic heterocycles. The van der Waals surface area contributed by atoms with E-state index < -0.39 is 17.7 Å². The van der Waals surface area contributed by atoms with E-state index in [1.54, 1.807) is 0 Å². The minimum atomic E-state index is -0.567. The number of anilines is 1. The molecule has 0 radical (unpaired) electrons. The van der Waals surface area contributed by atoms with Gasteiger partial charge in [0.15, 0.2) is 11.6 Å². The number of aliphatic hydroxyl groups is 1. The number of halogens is 1. The van der Waals surface area contributed by atoms with Crippen molar-refractivity contribution >= 4 is 5.82 Å². The Kier molecular flexibility index (Phi) is 5.69. The Labute approximate surface area is 123 Å². The third-order valence-electron chi connectivity index (χ3n) is 3.58. The molecule has 1 saturated heterocycles. The monoisotopic (exact) mass is 299 g/mol. The van der Waals surface area contributed by atoms with Gasteiger partial charge in [0.05, 0.1) is 18.9 Å². The van der Waals surface area contributed by atoms with E-state index in [4.69, 9.17) is 9.84 Å². The molecule has 2 N–H and O–H groups in total. The van der Waals surface area contributed by atoms with Gasteiger partial charge in [-0.3, -0.25) is 4.57 Å². The summed E-state index contributed by atoms with van der Waals surface area (Å²) in [6.45, 7) is 2.58. The summed E-state index contributed by atoms with van der Waals surface area (Å²) in [6, 6.07) is 0. The van der Waals surface area contributed by atoms with Crippen molar-refractivity contribution in [3.05, 3.63) is 22.5 Å². The average Bonchev–Trinajstić information content (AvgIpc) is 2.95. The van der Waals surface area contributed by atoms with Crippen molar-refractivity contribution in [1.29, 1.82) is 0 Å². The summed E-state index contributed by atoms with van der Waals surface area (Å²) in [5, 5.41) is 11.9. The maximum Gasteiger partial charge on any atom is 0.351 e. The van der Waals surface area contributed by atoms with Gasteiger partial charge in [-0.1, -0.05) is 19.8 Å². The SMILES string of the molecule is CCCCCNc1nc(=O)n([C@H]2CC[C@@H](CO)O2)cc1F. The van der Waals surface area contributed by atoms with Gasteiger partial charge >= 0.3 is 5.69 Å². The van der Waals surface area contributed by atoms with Crippen molar-refractivity contribution < 1.29 is 14.2 Å². The summed E-state index contributed by atoms with van der Waals surface area (Å²) in [4.78, 5) is 15.7. The molecule has 1 aliphatic heterocycles. The van der Waals surface area contributed by atoms with Crippen LogP contribution in [-0.2, 0) is 4.74 Å². The molecule has 0 aliphatic carbocycles. The molecule has 118 valence electrons. The summed E-state index contributed by atoms with van der Waals surface area (Å²) in [5.74, 6) is -0.578. The van der Waals surface area contributed by atoms with Crippen molar-refractivity contribution in [2.45, 2.75) is 51.4 Å². The van der Waals surface area contributed by atoms with Gasteiger partial charge in [0.1, 0.15) is 6.23 Å². The molecular formula is C14H22FN3O3. The second kappa shape index (κ2) is 7.51. The lowest BCUT2D eigenvalue weighted by atomic mass is 10.2. The third-order valence-corrected chi connectivity index (χ3v) is 3.58. The first-order chi connectivity index (χ1) is 10.2. The van der Waals surface area contributed by atoms with Crippen molar-refractivity contribution in [1.82, 2.24) is 9.55 Å². The minimum Gasteiger partial charge on any atom is -0.394 e. The Balaban J connectivity index is 2.05. The number of aromatic nitrogens is 2. The highest BCUT2D eigenvalue weighted by atomic mass is 19.1. The molecule has 0 aromatic carbocycles. The fraction of sp³-hybridized carbons (Fsp3) is 0.714. The van der Waals surface area contributed by atoms with Crippen LogP contribution in [0.4, 0.5) is 10.2 Å². The third kappa shape index (κ3) is 4.01. The average molecular weight is 299 g/mol. The normalized spacial score (nSPS) is 21.7. The van der Waals surface area contributed by atoms with Crippen LogP contribution in [0.5, 0.6) is 0 Å². The largest absolute Gasteiger partial charge is 0.394 e. The molecular weight excluding hydrogens is 277 g/mol. The molecule has 0 saturated carbocycles. The van der Waals surface area contributed by atoms with E-state index in [2.05, 4.69) is 17.2 Å². The van der Waals surface area contributed by atoms with Crippen LogP contribution in [0.15, 0.2) is 11.0 Å². The fourth-order valence-corrected chi connectivity index (χ4v) is 2.38. The molecule has 1 aliphatic rings. The van der Waals surface area contributed by atoms with Crippen molar-refractivity contribution in [2.75, 3.05) is 18.5 Å². The summed E-state index contributed by atoms with van der Waals surface area (Å²) in [5.41, 5.74) is -0.544. The van der Waals surface area contributed by atoms with Crippen LogP contribution in [0.2, 0.25) is 0 Å². The lowest BCUT2D eigenvalue weighted by Crippen LogP contribution is -2.29. The first-order valence-corrected chi connectivity index (χ1v) is 7.44. The molecule has 2 rings (SSSR count). The van der Waals surface area contributed by atoms with Gasteiger partial charge in [-0.25, -0.2) is 9.18 Å². The van der Waals surface area contributed by atoms with Crippen LogP contribution < -0.4 is 11.0 Å². The first kappa shape index (κ1) is 15.9. The number of nitrogens with zero attached hydrogens (tertiary/aromatic N) is 2. The molecule has 7 heteroatoms. The van der Waals surface area contributed by atoms with Crippen LogP contribution in [-0.4, -0.2) is 33.9 Å². The van der Waals surface area contributed by atoms with E-state index in [9.17, 15) is 9.18 Å². The van der Waals surface area contributed by atoms with E-state index in [-0.39, 0.29) is 18.5 Å². The molecule has 1 aromatic rings. The van der Waals surface area contributed by atoms with Gasteiger partial charge in [0.2, 0.25) is 0 Å². The summed E-state index contributed by atoms with van der Waals surface area (Å²) in [6.07, 6.45) is 4.52. The lowest BCUT2D eigenvalue weighted by molar-refractivity contribution is -0.0249. The van der Waals surface area contributed by atoms with E-state index >= 15 is 0 Å². The Hall–Kier alpha value is -1.47. The number of aliphatic hydroxyl groups excluding tert-OH is 1. The number of ether oxygens (including phenoxy) is 1. The second-order valence-corrected chi connectivity index (χ2v) is 5.23. The van der Waals surface area contributed by atoms with Crippen LogP contribution in [0.1, 0.15) is 45.3 Å². The van der Waals surface area contributed by atoms with Crippen molar-refractivity contribution in [3.8, 4) is 0 Å². The van der Waals surface area contributed by atoms with Crippen molar-refractivity contribution in [2.24, 2.45) is 0 Å². The highest BCUT2D eigenvalue weighted by Gasteiger charge is 2.27. The van der Waals surface area contributed by atoms with Gasteiger partial charge in [0.25, 0.3) is 0 Å². The highest BCUT2D eigenvalue weighted by molar-refractivity contribution is 5.33. The Morgan fingerprint density at radius 3 is 3.00 bits per heavy atom. The zero-order valence-corrected chi connectivity index (χ0v) is 12.2. The molecule has 0 spiro atoms. The van der Waals surface area contributed by atoms with Crippen LogP contribution in [0.3, 0.4) is 0 Å². The molecule has 1 fully saturated rings. The first-order valence-electron chi connectivity index (χ1n) is 7.44. The van der Waals surface area contributed by atoms with Crippen LogP contribution >= 0.6 is 0 Å². The quantitative estimate of drug-likeness (QED) is 0.749. The second-order valence-electron chi connectivity index (χ2n) is 5.23. The number of rotatable bonds is 7. The van der Waals surface area contributed by atoms with E-state index in [0.29, 0.717) is 19.4 Å². The molecule has 0 unspecified atom stereocenters. The summed E-state index contributed by atoms with van der Waals surface area (Å²) < 4.78 is 20.6. The van der Waals surface area contributed by atoms with Gasteiger partial charge < -0.3 is 15.2 Å². The maximum absolute atomic E-state index is 14.0. The predicted octanol–water partition coefficient (Wildman–Crippen LogP) is 1.65. The van der Waals surface area contributed by atoms with Crippen molar-refractivity contribution in [3.63, 3.8) is 0 Å². The minimum absolute atomic E-state index is 0.0101. The number of unbranched alkanes of at least 4 members (excludes halogenated alkanes) is 2.